The topological polar surface area (TPSA) is 15.3 Å². The Morgan fingerprint density at radius 1 is 1.24 bits per heavy atom. The van der Waals surface area contributed by atoms with E-state index in [0.717, 1.165) is 5.92 Å². The monoisotopic (exact) mass is 238 g/mol. The van der Waals surface area contributed by atoms with Gasteiger partial charge in [0, 0.05) is 25.2 Å². The van der Waals surface area contributed by atoms with Gasteiger partial charge in [0.25, 0.3) is 0 Å². The maximum absolute atomic E-state index is 3.75. The Morgan fingerprint density at radius 3 is 2.47 bits per heavy atom. The van der Waals surface area contributed by atoms with E-state index < -0.39 is 0 Å². The van der Waals surface area contributed by atoms with Crippen molar-refractivity contribution in [2.45, 2.75) is 65.5 Å². The molecule has 1 atom stereocenters. The average Bonchev–Trinajstić information content (AvgIpc) is 3.03. The van der Waals surface area contributed by atoms with Crippen LogP contribution < -0.4 is 5.32 Å². The molecule has 2 nitrogen and oxygen atoms in total. The summed E-state index contributed by atoms with van der Waals surface area (Å²) in [6, 6.07) is 1.37. The van der Waals surface area contributed by atoms with Gasteiger partial charge < -0.3 is 5.32 Å². The summed E-state index contributed by atoms with van der Waals surface area (Å²) >= 11 is 0. The molecule has 0 aromatic rings. The molecule has 0 radical (unpaired) electrons. The van der Waals surface area contributed by atoms with Crippen LogP contribution in [-0.4, -0.2) is 36.6 Å². The summed E-state index contributed by atoms with van der Waals surface area (Å²) in [6.45, 7) is 13.3. The van der Waals surface area contributed by atoms with E-state index in [1.54, 1.807) is 0 Å². The Labute approximate surface area is 107 Å². The second kappa shape index (κ2) is 5.27. The minimum absolute atomic E-state index is 0.467. The van der Waals surface area contributed by atoms with E-state index in [1.807, 2.05) is 0 Å². The lowest BCUT2D eigenvalue weighted by atomic mass is 9.77. The predicted octanol–water partition coefficient (Wildman–Crippen LogP) is 2.89. The van der Waals surface area contributed by atoms with Crippen LogP contribution in [0.2, 0.25) is 0 Å². The quantitative estimate of drug-likeness (QED) is 0.792. The van der Waals surface area contributed by atoms with Gasteiger partial charge in [-0.05, 0) is 57.4 Å². The molecular formula is C15H30N2. The van der Waals surface area contributed by atoms with Crippen LogP contribution in [0.25, 0.3) is 0 Å². The number of hydrogen-bond donors (Lipinski definition) is 1. The van der Waals surface area contributed by atoms with Crippen molar-refractivity contribution in [3.63, 3.8) is 0 Å². The predicted molar refractivity (Wildman–Crippen MR) is 74.2 cm³/mol. The minimum Gasteiger partial charge on any atom is -0.312 e. The lowest BCUT2D eigenvalue weighted by Gasteiger charge is -2.43. The van der Waals surface area contributed by atoms with Crippen LogP contribution in [0.5, 0.6) is 0 Å². The minimum atomic E-state index is 0.467. The first-order chi connectivity index (χ1) is 7.99. The highest BCUT2D eigenvalue weighted by atomic mass is 15.2. The summed E-state index contributed by atoms with van der Waals surface area (Å²) in [7, 11) is 0. The van der Waals surface area contributed by atoms with Crippen molar-refractivity contribution in [3.8, 4) is 0 Å². The highest BCUT2D eigenvalue weighted by Gasteiger charge is 2.34. The van der Waals surface area contributed by atoms with Crippen LogP contribution in [0.1, 0.15) is 53.4 Å². The zero-order chi connectivity index (χ0) is 12.5. The lowest BCUT2D eigenvalue weighted by molar-refractivity contribution is 0.107. The van der Waals surface area contributed by atoms with E-state index in [2.05, 4.69) is 37.9 Å². The molecule has 0 amide bonds. The summed E-state index contributed by atoms with van der Waals surface area (Å²) < 4.78 is 0. The first-order valence-corrected chi connectivity index (χ1v) is 7.46. The standard InChI is InChI=1S/C15H30N2/c1-12(2)17(10-13-6-7-13)11-14-15(3,4)8-5-9-16-14/h12-14,16H,5-11H2,1-4H3. The lowest BCUT2D eigenvalue weighted by Crippen LogP contribution is -2.54. The van der Waals surface area contributed by atoms with Crippen molar-refractivity contribution in [1.82, 2.24) is 10.2 Å². The largest absolute Gasteiger partial charge is 0.312 e. The maximum Gasteiger partial charge on any atom is 0.0246 e. The normalized spacial score (nSPS) is 28.9. The smallest absolute Gasteiger partial charge is 0.0246 e. The summed E-state index contributed by atoms with van der Waals surface area (Å²) in [5.74, 6) is 1.00. The Morgan fingerprint density at radius 2 is 1.94 bits per heavy atom. The van der Waals surface area contributed by atoms with Crippen molar-refractivity contribution in [2.24, 2.45) is 11.3 Å². The van der Waals surface area contributed by atoms with Crippen molar-refractivity contribution in [1.29, 1.82) is 0 Å². The van der Waals surface area contributed by atoms with Gasteiger partial charge in [-0.3, -0.25) is 4.90 Å². The van der Waals surface area contributed by atoms with Crippen LogP contribution in [0, 0.1) is 11.3 Å². The molecule has 1 heterocycles. The first kappa shape index (κ1) is 13.4. The molecule has 0 aromatic carbocycles. The summed E-state index contributed by atoms with van der Waals surface area (Å²) in [6.07, 6.45) is 5.64. The molecule has 0 aromatic heterocycles. The molecule has 1 aliphatic heterocycles. The van der Waals surface area contributed by atoms with E-state index >= 15 is 0 Å². The van der Waals surface area contributed by atoms with Gasteiger partial charge in [0.1, 0.15) is 0 Å². The van der Waals surface area contributed by atoms with Gasteiger partial charge in [0.15, 0.2) is 0 Å². The van der Waals surface area contributed by atoms with Crippen LogP contribution in [0.15, 0.2) is 0 Å². The third-order valence-corrected chi connectivity index (χ3v) is 4.67. The highest BCUT2D eigenvalue weighted by Crippen LogP contribution is 2.33. The average molecular weight is 238 g/mol. The number of rotatable bonds is 5. The molecule has 2 aliphatic rings. The molecule has 1 unspecified atom stereocenters. The molecule has 2 rings (SSSR count). The van der Waals surface area contributed by atoms with E-state index in [0.29, 0.717) is 17.5 Å². The third-order valence-electron chi connectivity index (χ3n) is 4.67. The molecule has 100 valence electrons. The van der Waals surface area contributed by atoms with E-state index in [-0.39, 0.29) is 0 Å². The molecule has 0 spiro atoms. The molecule has 1 N–H and O–H groups in total. The van der Waals surface area contributed by atoms with Gasteiger partial charge in [-0.1, -0.05) is 13.8 Å². The fourth-order valence-electron chi connectivity index (χ4n) is 2.95. The van der Waals surface area contributed by atoms with E-state index in [4.69, 9.17) is 0 Å². The zero-order valence-electron chi connectivity index (χ0n) is 12.1. The summed E-state index contributed by atoms with van der Waals surface area (Å²) in [5, 5.41) is 3.75. The Bertz CT molecular complexity index is 243. The van der Waals surface area contributed by atoms with Crippen LogP contribution in [0.4, 0.5) is 0 Å². The van der Waals surface area contributed by atoms with Crippen molar-refractivity contribution >= 4 is 0 Å². The zero-order valence-corrected chi connectivity index (χ0v) is 12.1. The molecule has 1 saturated carbocycles. The number of hydrogen-bond acceptors (Lipinski definition) is 2. The SMILES string of the molecule is CC(C)N(CC1CC1)CC1NCCCC1(C)C. The Hall–Kier alpha value is -0.0800. The molecule has 1 saturated heterocycles. The molecule has 17 heavy (non-hydrogen) atoms. The first-order valence-electron chi connectivity index (χ1n) is 7.46. The van der Waals surface area contributed by atoms with Crippen LogP contribution >= 0.6 is 0 Å². The van der Waals surface area contributed by atoms with Gasteiger partial charge >= 0.3 is 0 Å². The fourth-order valence-corrected chi connectivity index (χ4v) is 2.95. The third kappa shape index (κ3) is 3.69. The van der Waals surface area contributed by atoms with Gasteiger partial charge in [-0.15, -0.1) is 0 Å². The Kier molecular flexibility index (Phi) is 4.14. The molecule has 1 aliphatic carbocycles. The fraction of sp³-hybridized carbons (Fsp3) is 1.00. The van der Waals surface area contributed by atoms with Gasteiger partial charge in [0.2, 0.25) is 0 Å². The van der Waals surface area contributed by atoms with E-state index in [1.165, 1.54) is 45.3 Å². The molecule has 2 fully saturated rings. The number of piperidine rings is 1. The van der Waals surface area contributed by atoms with Crippen LogP contribution in [0.3, 0.4) is 0 Å². The highest BCUT2D eigenvalue weighted by molar-refractivity contribution is 4.91. The van der Waals surface area contributed by atoms with Crippen molar-refractivity contribution in [2.75, 3.05) is 19.6 Å². The van der Waals surface area contributed by atoms with Crippen molar-refractivity contribution in [3.05, 3.63) is 0 Å². The summed E-state index contributed by atoms with van der Waals surface area (Å²) in [4.78, 5) is 2.70. The van der Waals surface area contributed by atoms with Crippen molar-refractivity contribution < 1.29 is 0 Å². The molecule has 2 heteroatoms. The Balaban J connectivity index is 1.90. The molecule has 0 bridgehead atoms. The second-order valence-electron chi connectivity index (χ2n) is 7.09. The van der Waals surface area contributed by atoms with Gasteiger partial charge in [-0.2, -0.15) is 0 Å². The number of nitrogens with zero attached hydrogens (tertiary/aromatic N) is 1. The van der Waals surface area contributed by atoms with Gasteiger partial charge in [0.05, 0.1) is 0 Å². The maximum atomic E-state index is 3.75. The van der Waals surface area contributed by atoms with Gasteiger partial charge in [-0.25, -0.2) is 0 Å². The molecular weight excluding hydrogens is 208 g/mol. The number of nitrogens with one attached hydrogen (secondary N) is 1. The van der Waals surface area contributed by atoms with Crippen LogP contribution in [-0.2, 0) is 0 Å². The second-order valence-corrected chi connectivity index (χ2v) is 7.09. The summed E-state index contributed by atoms with van der Waals surface area (Å²) in [5.41, 5.74) is 0.467. The van der Waals surface area contributed by atoms with E-state index in [9.17, 15) is 0 Å².